The standard InChI is InChI=1S/C46H29NOS/c1-3-11-30(12-4-1)32-21-25-37-42-29-40(36-15-7-8-17-39(36)46(42)48-43(37)27-32)31-19-22-34(23-20-31)47(33-13-5-2-6-14-33)35-24-26-45-41(28-35)38-16-9-10-18-44(38)49-45/h1-29H. The van der Waals surface area contributed by atoms with E-state index in [0.29, 0.717) is 0 Å². The van der Waals surface area contributed by atoms with Crippen LogP contribution in [0.15, 0.2) is 180 Å². The summed E-state index contributed by atoms with van der Waals surface area (Å²) in [5.74, 6) is 0. The zero-order valence-corrected chi connectivity index (χ0v) is 27.3. The maximum atomic E-state index is 6.61. The van der Waals surface area contributed by atoms with Gasteiger partial charge in [0.05, 0.1) is 0 Å². The van der Waals surface area contributed by atoms with Crippen molar-refractivity contribution in [3.63, 3.8) is 0 Å². The van der Waals surface area contributed by atoms with Gasteiger partial charge in [-0.1, -0.05) is 109 Å². The molecule has 10 rings (SSSR count). The summed E-state index contributed by atoms with van der Waals surface area (Å²) >= 11 is 1.85. The molecule has 10 aromatic rings. The SMILES string of the molecule is c1ccc(-c2ccc3c(c2)oc2c4ccccc4c(-c4ccc(N(c5ccccc5)c5ccc6sc7ccccc7c6c5)cc4)cc32)cc1. The minimum atomic E-state index is 0.905. The number of hydrogen-bond donors (Lipinski definition) is 0. The molecule has 2 heterocycles. The van der Waals surface area contributed by atoms with Gasteiger partial charge in [-0.3, -0.25) is 0 Å². The fraction of sp³-hybridized carbons (Fsp3) is 0. The van der Waals surface area contributed by atoms with Crippen LogP contribution in [0.5, 0.6) is 0 Å². The van der Waals surface area contributed by atoms with Crippen LogP contribution in [0, 0.1) is 0 Å². The maximum absolute atomic E-state index is 6.61. The van der Waals surface area contributed by atoms with Crippen molar-refractivity contribution in [3.05, 3.63) is 176 Å². The monoisotopic (exact) mass is 643 g/mol. The number of thiophene rings is 1. The van der Waals surface area contributed by atoms with E-state index in [9.17, 15) is 0 Å². The van der Waals surface area contributed by atoms with Crippen LogP contribution < -0.4 is 4.90 Å². The fourth-order valence-electron chi connectivity index (χ4n) is 7.31. The Bertz CT molecular complexity index is 2810. The number of hydrogen-bond acceptors (Lipinski definition) is 3. The summed E-state index contributed by atoms with van der Waals surface area (Å²) in [6, 6.07) is 63.1. The molecule has 0 aliphatic rings. The molecule has 3 heteroatoms. The molecule has 0 spiro atoms. The van der Waals surface area contributed by atoms with E-state index < -0.39 is 0 Å². The van der Waals surface area contributed by atoms with Crippen molar-refractivity contribution >= 4 is 81.3 Å². The van der Waals surface area contributed by atoms with Gasteiger partial charge < -0.3 is 9.32 Å². The van der Waals surface area contributed by atoms with Crippen LogP contribution in [0.25, 0.3) is 75.1 Å². The topological polar surface area (TPSA) is 16.4 Å². The fourth-order valence-corrected chi connectivity index (χ4v) is 8.40. The van der Waals surface area contributed by atoms with E-state index in [1.54, 1.807) is 0 Å². The Labute approximate surface area is 287 Å². The molecule has 2 nitrogen and oxygen atoms in total. The first-order valence-corrected chi connectivity index (χ1v) is 17.4. The summed E-state index contributed by atoms with van der Waals surface area (Å²) in [4.78, 5) is 2.35. The van der Waals surface area contributed by atoms with Crippen LogP contribution in [-0.2, 0) is 0 Å². The van der Waals surface area contributed by atoms with Crippen LogP contribution in [0.4, 0.5) is 17.1 Å². The molecule has 0 saturated carbocycles. The molecule has 0 aliphatic heterocycles. The third-order valence-electron chi connectivity index (χ3n) is 9.66. The third-order valence-corrected chi connectivity index (χ3v) is 10.8. The lowest BCUT2D eigenvalue weighted by Gasteiger charge is -2.26. The Kier molecular flexibility index (Phi) is 6.39. The average molecular weight is 644 g/mol. The summed E-state index contributed by atoms with van der Waals surface area (Å²) in [5.41, 5.74) is 9.92. The summed E-state index contributed by atoms with van der Waals surface area (Å²) in [5, 5.41) is 7.16. The lowest BCUT2D eigenvalue weighted by atomic mass is 9.95. The average Bonchev–Trinajstić information content (AvgIpc) is 3.74. The van der Waals surface area contributed by atoms with Crippen molar-refractivity contribution in [1.82, 2.24) is 0 Å². The summed E-state index contributed by atoms with van der Waals surface area (Å²) in [7, 11) is 0. The second-order valence-electron chi connectivity index (χ2n) is 12.5. The Hall–Kier alpha value is -6.16. The van der Waals surface area contributed by atoms with E-state index in [1.807, 2.05) is 17.4 Å². The van der Waals surface area contributed by atoms with Gasteiger partial charge in [0, 0.05) is 53.4 Å². The van der Waals surface area contributed by atoms with Crippen molar-refractivity contribution in [1.29, 1.82) is 0 Å². The number of nitrogens with zero attached hydrogens (tertiary/aromatic N) is 1. The molecule has 0 saturated heterocycles. The Morgan fingerprint density at radius 1 is 0.367 bits per heavy atom. The highest BCUT2D eigenvalue weighted by molar-refractivity contribution is 7.25. The molecule has 8 aromatic carbocycles. The van der Waals surface area contributed by atoms with Gasteiger partial charge in [0.1, 0.15) is 11.2 Å². The third kappa shape index (κ3) is 4.62. The minimum absolute atomic E-state index is 0.905. The zero-order chi connectivity index (χ0) is 32.3. The molecular weight excluding hydrogens is 615 g/mol. The summed E-state index contributed by atoms with van der Waals surface area (Å²) in [6.07, 6.45) is 0. The molecular formula is C46H29NOS. The van der Waals surface area contributed by atoms with Gasteiger partial charge in [-0.05, 0) is 94.4 Å². The molecule has 2 aromatic heterocycles. The van der Waals surface area contributed by atoms with Crippen molar-refractivity contribution in [2.45, 2.75) is 0 Å². The highest BCUT2D eigenvalue weighted by Crippen LogP contribution is 2.43. The van der Waals surface area contributed by atoms with Gasteiger partial charge >= 0.3 is 0 Å². The van der Waals surface area contributed by atoms with E-state index in [0.717, 1.165) is 50.0 Å². The van der Waals surface area contributed by atoms with Crippen LogP contribution in [0.2, 0.25) is 0 Å². The van der Waals surface area contributed by atoms with Crippen LogP contribution in [0.3, 0.4) is 0 Å². The lowest BCUT2D eigenvalue weighted by molar-refractivity contribution is 0.673. The van der Waals surface area contributed by atoms with E-state index in [2.05, 4.69) is 175 Å². The molecule has 230 valence electrons. The number of benzene rings is 8. The first-order valence-electron chi connectivity index (χ1n) is 16.6. The van der Waals surface area contributed by atoms with Gasteiger partial charge in [-0.15, -0.1) is 11.3 Å². The summed E-state index contributed by atoms with van der Waals surface area (Å²) in [6.45, 7) is 0. The van der Waals surface area contributed by atoms with Gasteiger partial charge in [0.15, 0.2) is 0 Å². The van der Waals surface area contributed by atoms with Gasteiger partial charge in [0.25, 0.3) is 0 Å². The number of para-hydroxylation sites is 1. The maximum Gasteiger partial charge on any atom is 0.143 e. The van der Waals surface area contributed by atoms with E-state index in [-0.39, 0.29) is 0 Å². The van der Waals surface area contributed by atoms with E-state index in [4.69, 9.17) is 4.42 Å². The van der Waals surface area contributed by atoms with Crippen LogP contribution in [-0.4, -0.2) is 0 Å². The second-order valence-corrected chi connectivity index (χ2v) is 13.6. The molecule has 0 fully saturated rings. The van der Waals surface area contributed by atoms with Crippen molar-refractivity contribution in [2.75, 3.05) is 4.90 Å². The Morgan fingerprint density at radius 3 is 1.82 bits per heavy atom. The summed E-state index contributed by atoms with van der Waals surface area (Å²) < 4.78 is 9.23. The molecule has 49 heavy (non-hydrogen) atoms. The molecule has 0 atom stereocenters. The molecule has 0 radical (unpaired) electrons. The van der Waals surface area contributed by atoms with Gasteiger partial charge in [0.2, 0.25) is 0 Å². The van der Waals surface area contributed by atoms with Crippen molar-refractivity contribution < 1.29 is 4.42 Å². The van der Waals surface area contributed by atoms with Crippen molar-refractivity contribution in [2.24, 2.45) is 0 Å². The highest BCUT2D eigenvalue weighted by Gasteiger charge is 2.18. The second kappa shape index (κ2) is 11.2. The number of anilines is 3. The Balaban J connectivity index is 1.11. The largest absolute Gasteiger partial charge is 0.455 e. The van der Waals surface area contributed by atoms with E-state index in [1.165, 1.54) is 42.2 Å². The highest BCUT2D eigenvalue weighted by atomic mass is 32.1. The normalized spacial score (nSPS) is 11.7. The number of fused-ring (bicyclic) bond motifs is 8. The lowest BCUT2D eigenvalue weighted by Crippen LogP contribution is -2.09. The number of furan rings is 1. The smallest absolute Gasteiger partial charge is 0.143 e. The number of rotatable bonds is 5. The van der Waals surface area contributed by atoms with Gasteiger partial charge in [-0.25, -0.2) is 0 Å². The molecule has 0 bridgehead atoms. The van der Waals surface area contributed by atoms with E-state index >= 15 is 0 Å². The molecule has 0 unspecified atom stereocenters. The Morgan fingerprint density at radius 2 is 1.00 bits per heavy atom. The zero-order valence-electron chi connectivity index (χ0n) is 26.5. The molecule has 0 aliphatic carbocycles. The quantitative estimate of drug-likeness (QED) is 0.186. The first kappa shape index (κ1) is 27.9. The predicted octanol–water partition coefficient (Wildman–Crippen LogP) is 13.9. The first-order chi connectivity index (χ1) is 24.3. The van der Waals surface area contributed by atoms with Gasteiger partial charge in [-0.2, -0.15) is 0 Å². The molecule has 0 amide bonds. The molecule has 0 N–H and O–H groups in total. The predicted molar refractivity (Wildman–Crippen MR) is 210 cm³/mol. The minimum Gasteiger partial charge on any atom is -0.455 e. The van der Waals surface area contributed by atoms with Crippen LogP contribution >= 0.6 is 11.3 Å². The van der Waals surface area contributed by atoms with Crippen LogP contribution in [0.1, 0.15) is 0 Å². The van der Waals surface area contributed by atoms with Crippen molar-refractivity contribution in [3.8, 4) is 22.3 Å².